The molecule has 0 aromatic carbocycles. The van der Waals surface area contributed by atoms with Crippen LogP contribution in [0.1, 0.15) is 6.42 Å². The van der Waals surface area contributed by atoms with Crippen molar-refractivity contribution in [1.82, 2.24) is 0 Å². The summed E-state index contributed by atoms with van der Waals surface area (Å²) in [5.41, 5.74) is 0. The zero-order valence-corrected chi connectivity index (χ0v) is 4.32. The van der Waals surface area contributed by atoms with Crippen LogP contribution >= 0.6 is 0 Å². The smallest absolute Gasteiger partial charge is 0.122 e. The zero-order valence-electron chi connectivity index (χ0n) is 4.32. The summed E-state index contributed by atoms with van der Waals surface area (Å²) >= 11 is 0. The van der Waals surface area contributed by atoms with Crippen LogP contribution in [-0.2, 0) is 4.79 Å². The van der Waals surface area contributed by atoms with Crippen LogP contribution in [0.2, 0.25) is 0 Å². The summed E-state index contributed by atoms with van der Waals surface area (Å²) < 4.78 is 0. The van der Waals surface area contributed by atoms with Crippen molar-refractivity contribution in [2.24, 2.45) is 0 Å². The predicted molar refractivity (Wildman–Crippen MR) is 28.5 cm³/mol. The molecule has 0 radical (unpaired) electrons. The van der Waals surface area contributed by atoms with E-state index < -0.39 is 6.10 Å². The van der Waals surface area contributed by atoms with Crippen LogP contribution in [0.5, 0.6) is 0 Å². The van der Waals surface area contributed by atoms with Gasteiger partial charge in [0.05, 0.1) is 12.4 Å². The van der Waals surface area contributed by atoms with E-state index in [9.17, 15) is 4.79 Å². The van der Waals surface area contributed by atoms with Gasteiger partial charge in [-0.2, -0.15) is 0 Å². The lowest BCUT2D eigenvalue weighted by Gasteiger charge is -1.93. The van der Waals surface area contributed by atoms with Crippen molar-refractivity contribution in [2.45, 2.75) is 12.5 Å². The van der Waals surface area contributed by atoms with Gasteiger partial charge in [-0.1, -0.05) is 0 Å². The summed E-state index contributed by atoms with van der Waals surface area (Å²) in [6.45, 7) is 0. The molecule has 0 heterocycles. The Hall–Kier alpha value is -0.830. The number of aliphatic hydroxyl groups excluding tert-OH is 2. The molecule has 3 nitrogen and oxygen atoms in total. The van der Waals surface area contributed by atoms with Crippen molar-refractivity contribution in [3.63, 3.8) is 0 Å². The maximum atomic E-state index is 9.61. The topological polar surface area (TPSA) is 57.5 Å². The summed E-state index contributed by atoms with van der Waals surface area (Å²) in [4.78, 5) is 9.61. The molecule has 0 fully saturated rings. The Bertz CT molecular complexity index is 87.7. The Morgan fingerprint density at radius 2 is 2.25 bits per heavy atom. The van der Waals surface area contributed by atoms with E-state index in [2.05, 4.69) is 0 Å². The van der Waals surface area contributed by atoms with Crippen molar-refractivity contribution in [1.29, 1.82) is 0 Å². The van der Waals surface area contributed by atoms with E-state index in [0.717, 1.165) is 6.08 Å². The third-order valence-corrected chi connectivity index (χ3v) is 0.646. The summed E-state index contributed by atoms with van der Waals surface area (Å²) in [5, 5.41) is 16.6. The highest BCUT2D eigenvalue weighted by molar-refractivity contribution is 5.50. The first-order valence-electron chi connectivity index (χ1n) is 2.24. The number of hydrogen-bond donors (Lipinski definition) is 2. The van der Waals surface area contributed by atoms with E-state index >= 15 is 0 Å². The molecule has 0 aliphatic heterocycles. The van der Waals surface area contributed by atoms with Gasteiger partial charge in [-0.05, 0) is 6.08 Å². The second-order valence-electron chi connectivity index (χ2n) is 1.31. The van der Waals surface area contributed by atoms with Gasteiger partial charge in [-0.15, -0.1) is 0 Å². The highest BCUT2D eigenvalue weighted by Gasteiger charge is 1.93. The molecule has 1 unspecified atom stereocenters. The first-order valence-corrected chi connectivity index (χ1v) is 2.24. The molecule has 0 amide bonds. The molecule has 0 aliphatic carbocycles. The number of aliphatic hydroxyl groups is 2. The van der Waals surface area contributed by atoms with Gasteiger partial charge in [-0.3, -0.25) is 0 Å². The van der Waals surface area contributed by atoms with Crippen molar-refractivity contribution >= 4 is 6.29 Å². The summed E-state index contributed by atoms with van der Waals surface area (Å²) in [6.07, 6.45) is 1.64. The molecule has 46 valence electrons. The van der Waals surface area contributed by atoms with Gasteiger partial charge in [-0.25, -0.2) is 0 Å². The number of carbonyl (C=O) groups is 1. The first-order chi connectivity index (χ1) is 3.81. The Kier molecular flexibility index (Phi) is 3.88. The van der Waals surface area contributed by atoms with E-state index in [1.165, 1.54) is 0 Å². The van der Waals surface area contributed by atoms with Gasteiger partial charge in [0, 0.05) is 6.42 Å². The maximum absolute atomic E-state index is 9.61. The molecular weight excluding hydrogens is 108 g/mol. The first kappa shape index (κ1) is 7.17. The van der Waals surface area contributed by atoms with Crippen LogP contribution in [0.3, 0.4) is 0 Å². The molecule has 8 heavy (non-hydrogen) atoms. The van der Waals surface area contributed by atoms with Gasteiger partial charge in [0.2, 0.25) is 0 Å². The van der Waals surface area contributed by atoms with Crippen LogP contribution < -0.4 is 0 Å². The van der Waals surface area contributed by atoms with Gasteiger partial charge in [0.15, 0.2) is 0 Å². The Balaban J connectivity index is 3.31. The van der Waals surface area contributed by atoms with E-state index in [1.54, 1.807) is 0 Å². The third-order valence-electron chi connectivity index (χ3n) is 0.646. The molecule has 0 bridgehead atoms. The molecule has 1 atom stereocenters. The van der Waals surface area contributed by atoms with E-state index in [0.29, 0.717) is 12.5 Å². The second-order valence-corrected chi connectivity index (χ2v) is 1.31. The lowest BCUT2D eigenvalue weighted by molar-refractivity contribution is -0.109. The third kappa shape index (κ3) is 3.36. The average molecular weight is 116 g/mol. The van der Waals surface area contributed by atoms with Crippen molar-refractivity contribution in [3.05, 3.63) is 12.3 Å². The standard InChI is InChI=1S/C5H8O3/c6-3-1-5(8)2-4-7/h1,3-6,8H,2H2. The molecule has 0 saturated carbocycles. The average Bonchev–Trinajstić information content (AvgIpc) is 1.68. The molecule has 0 saturated heterocycles. The van der Waals surface area contributed by atoms with Crippen LogP contribution in [-0.4, -0.2) is 22.6 Å². The van der Waals surface area contributed by atoms with Crippen LogP contribution in [0.4, 0.5) is 0 Å². The summed E-state index contributed by atoms with van der Waals surface area (Å²) in [6, 6.07) is 0. The normalized spacial score (nSPS) is 14.1. The molecule has 3 heteroatoms. The summed E-state index contributed by atoms with van der Waals surface area (Å²) in [7, 11) is 0. The number of hydrogen-bond acceptors (Lipinski definition) is 3. The molecule has 0 aliphatic rings. The lowest BCUT2D eigenvalue weighted by atomic mass is 10.3. The highest BCUT2D eigenvalue weighted by atomic mass is 16.3. The quantitative estimate of drug-likeness (QED) is 0.403. The second kappa shape index (κ2) is 4.33. The SMILES string of the molecule is O=CCC(O)C=CO. The molecule has 2 N–H and O–H groups in total. The predicted octanol–water partition coefficient (Wildman–Crippen LogP) is 0.00800. The fourth-order valence-electron chi connectivity index (χ4n) is 0.277. The van der Waals surface area contributed by atoms with Crippen LogP contribution in [0.15, 0.2) is 12.3 Å². The van der Waals surface area contributed by atoms with Crippen molar-refractivity contribution < 1.29 is 15.0 Å². The fourth-order valence-corrected chi connectivity index (χ4v) is 0.277. The number of carbonyl (C=O) groups excluding carboxylic acids is 1. The minimum atomic E-state index is -0.836. The highest BCUT2D eigenvalue weighted by Crippen LogP contribution is 1.87. The monoisotopic (exact) mass is 116 g/mol. The van der Waals surface area contributed by atoms with E-state index in [-0.39, 0.29) is 6.42 Å². The van der Waals surface area contributed by atoms with Crippen LogP contribution in [0.25, 0.3) is 0 Å². The Morgan fingerprint density at radius 1 is 1.62 bits per heavy atom. The van der Waals surface area contributed by atoms with Crippen molar-refractivity contribution in [3.8, 4) is 0 Å². The van der Waals surface area contributed by atoms with Gasteiger partial charge < -0.3 is 15.0 Å². The van der Waals surface area contributed by atoms with Gasteiger partial charge >= 0.3 is 0 Å². The number of rotatable bonds is 3. The van der Waals surface area contributed by atoms with Crippen LogP contribution in [0, 0.1) is 0 Å². The minimum absolute atomic E-state index is 0.0388. The minimum Gasteiger partial charge on any atom is -0.516 e. The molecular formula is C5H8O3. The Morgan fingerprint density at radius 3 is 2.62 bits per heavy atom. The summed E-state index contributed by atoms with van der Waals surface area (Å²) in [5.74, 6) is 0. The molecule has 0 spiro atoms. The molecule has 0 rings (SSSR count). The van der Waals surface area contributed by atoms with Gasteiger partial charge in [0.25, 0.3) is 0 Å². The number of aldehydes is 1. The van der Waals surface area contributed by atoms with E-state index in [1.807, 2.05) is 0 Å². The lowest BCUT2D eigenvalue weighted by Crippen LogP contribution is -2.01. The van der Waals surface area contributed by atoms with E-state index in [4.69, 9.17) is 10.2 Å². The Labute approximate surface area is 47.3 Å². The van der Waals surface area contributed by atoms with Crippen molar-refractivity contribution in [2.75, 3.05) is 0 Å². The molecule has 0 aromatic rings. The molecule has 0 aromatic heterocycles. The zero-order chi connectivity index (χ0) is 6.41. The van der Waals surface area contributed by atoms with Gasteiger partial charge in [0.1, 0.15) is 6.29 Å². The fraction of sp³-hybridized carbons (Fsp3) is 0.400. The maximum Gasteiger partial charge on any atom is 0.122 e. The largest absolute Gasteiger partial charge is 0.516 e.